The highest BCUT2D eigenvalue weighted by Gasteiger charge is 2.49. The van der Waals surface area contributed by atoms with Gasteiger partial charge in [0, 0.05) is 16.9 Å². The zero-order chi connectivity index (χ0) is 19.1. The summed E-state index contributed by atoms with van der Waals surface area (Å²) in [5.41, 5.74) is 2.13. The molecule has 2 fully saturated rings. The number of nitrogens with zero attached hydrogens (tertiary/aromatic N) is 2. The number of rotatable bonds is 4. The Kier molecular flexibility index (Phi) is 5.49. The first-order chi connectivity index (χ1) is 12.2. The van der Waals surface area contributed by atoms with Crippen molar-refractivity contribution in [3.63, 3.8) is 0 Å². The SMILES string of the molecule is CC[C@H](C)C(=O)N=C1S[C@H]2CS(=O)(=O)C[C@H]2N1c1ccc(C(C)C)cc1. The van der Waals surface area contributed by atoms with Crippen molar-refractivity contribution in [2.75, 3.05) is 16.4 Å². The molecule has 26 heavy (non-hydrogen) atoms. The van der Waals surface area contributed by atoms with Crippen LogP contribution < -0.4 is 4.90 Å². The lowest BCUT2D eigenvalue weighted by atomic mass is 10.0. The molecule has 7 heteroatoms. The van der Waals surface area contributed by atoms with E-state index in [9.17, 15) is 13.2 Å². The first kappa shape index (κ1) is 19.4. The second-order valence-electron chi connectivity index (χ2n) is 7.46. The van der Waals surface area contributed by atoms with Crippen molar-refractivity contribution in [2.24, 2.45) is 10.9 Å². The van der Waals surface area contributed by atoms with Gasteiger partial charge in [0.2, 0.25) is 0 Å². The van der Waals surface area contributed by atoms with Gasteiger partial charge < -0.3 is 4.90 Å². The number of carbonyl (C=O) groups is 1. The lowest BCUT2D eigenvalue weighted by Gasteiger charge is -2.25. The largest absolute Gasteiger partial charge is 0.316 e. The third-order valence-electron chi connectivity index (χ3n) is 5.14. The highest BCUT2D eigenvalue weighted by Crippen LogP contribution is 2.41. The second-order valence-corrected chi connectivity index (χ2v) is 10.8. The molecule has 3 rings (SSSR count). The van der Waals surface area contributed by atoms with Crippen LogP contribution >= 0.6 is 11.8 Å². The molecule has 3 atom stereocenters. The standard InChI is InChI=1S/C19H26N2O3S2/c1-5-13(4)18(22)20-19-21(15-8-6-14(7-9-15)12(2)3)16-10-26(23,24)11-17(16)25-19/h6-9,12-13,16-17H,5,10-11H2,1-4H3/t13-,16+,17-/m0/s1. The summed E-state index contributed by atoms with van der Waals surface area (Å²) in [5.74, 6) is 0.433. The molecule has 2 heterocycles. The van der Waals surface area contributed by atoms with Crippen LogP contribution in [0.1, 0.15) is 45.6 Å². The molecule has 0 saturated carbocycles. The number of amides is 1. The van der Waals surface area contributed by atoms with Crippen molar-refractivity contribution in [3.05, 3.63) is 29.8 Å². The molecule has 2 aliphatic heterocycles. The normalized spacial score (nSPS) is 27.1. The van der Waals surface area contributed by atoms with Crippen LogP contribution in [0.5, 0.6) is 0 Å². The Morgan fingerprint density at radius 3 is 2.46 bits per heavy atom. The smallest absolute Gasteiger partial charge is 0.250 e. The van der Waals surface area contributed by atoms with E-state index in [1.165, 1.54) is 17.3 Å². The van der Waals surface area contributed by atoms with Crippen molar-refractivity contribution in [1.29, 1.82) is 0 Å². The van der Waals surface area contributed by atoms with Crippen LogP contribution in [0.4, 0.5) is 5.69 Å². The Bertz CT molecular complexity index is 816. The molecule has 0 N–H and O–H groups in total. The van der Waals surface area contributed by atoms with Gasteiger partial charge in [-0.05, 0) is 30.0 Å². The molecular formula is C19H26N2O3S2. The Labute approximate surface area is 160 Å². The highest BCUT2D eigenvalue weighted by atomic mass is 32.2. The quantitative estimate of drug-likeness (QED) is 0.782. The summed E-state index contributed by atoms with van der Waals surface area (Å²) in [7, 11) is -3.04. The van der Waals surface area contributed by atoms with E-state index in [4.69, 9.17) is 0 Å². The number of amidine groups is 1. The van der Waals surface area contributed by atoms with Crippen LogP contribution in [0, 0.1) is 5.92 Å². The van der Waals surface area contributed by atoms with Gasteiger partial charge in [0.05, 0.1) is 17.5 Å². The van der Waals surface area contributed by atoms with E-state index in [0.29, 0.717) is 11.1 Å². The lowest BCUT2D eigenvalue weighted by Crippen LogP contribution is -2.37. The number of aliphatic imine (C=N–C) groups is 1. The molecule has 142 valence electrons. The number of fused-ring (bicyclic) bond motifs is 1. The fourth-order valence-corrected chi connectivity index (χ4v) is 7.18. The number of thioether (sulfide) groups is 1. The lowest BCUT2D eigenvalue weighted by molar-refractivity contribution is -0.121. The average molecular weight is 395 g/mol. The molecule has 0 aliphatic carbocycles. The third-order valence-corrected chi connectivity index (χ3v) is 8.35. The molecule has 0 spiro atoms. The van der Waals surface area contributed by atoms with Crippen molar-refractivity contribution in [3.8, 4) is 0 Å². The van der Waals surface area contributed by atoms with E-state index in [2.05, 4.69) is 31.0 Å². The molecule has 0 bridgehead atoms. The van der Waals surface area contributed by atoms with Crippen LogP contribution in [0.3, 0.4) is 0 Å². The van der Waals surface area contributed by atoms with Gasteiger partial charge in [-0.2, -0.15) is 4.99 Å². The van der Waals surface area contributed by atoms with Crippen molar-refractivity contribution < 1.29 is 13.2 Å². The van der Waals surface area contributed by atoms with Crippen LogP contribution in [0.15, 0.2) is 29.3 Å². The Morgan fingerprint density at radius 2 is 1.88 bits per heavy atom. The van der Waals surface area contributed by atoms with Gasteiger partial charge in [-0.1, -0.05) is 51.6 Å². The maximum absolute atomic E-state index is 12.4. The molecule has 5 nitrogen and oxygen atoms in total. The van der Waals surface area contributed by atoms with Crippen LogP contribution in [-0.4, -0.2) is 42.3 Å². The van der Waals surface area contributed by atoms with Gasteiger partial charge in [0.25, 0.3) is 5.91 Å². The maximum atomic E-state index is 12.4. The monoisotopic (exact) mass is 394 g/mol. The molecule has 0 unspecified atom stereocenters. The summed E-state index contributed by atoms with van der Waals surface area (Å²) in [6.07, 6.45) is 0.741. The fourth-order valence-electron chi connectivity index (χ4n) is 3.27. The second kappa shape index (κ2) is 7.35. The maximum Gasteiger partial charge on any atom is 0.250 e. The Morgan fingerprint density at radius 1 is 1.23 bits per heavy atom. The van der Waals surface area contributed by atoms with E-state index in [0.717, 1.165) is 12.1 Å². The molecule has 0 aromatic heterocycles. The van der Waals surface area contributed by atoms with Gasteiger partial charge in [-0.25, -0.2) is 8.42 Å². The van der Waals surface area contributed by atoms with Crippen molar-refractivity contribution in [2.45, 2.75) is 51.3 Å². The number of hydrogen-bond donors (Lipinski definition) is 0. The zero-order valence-corrected chi connectivity index (χ0v) is 17.3. The topological polar surface area (TPSA) is 66.8 Å². The molecule has 2 aliphatic rings. The van der Waals surface area contributed by atoms with Gasteiger partial charge in [-0.3, -0.25) is 4.79 Å². The summed E-state index contributed by atoms with van der Waals surface area (Å²) < 4.78 is 24.2. The van der Waals surface area contributed by atoms with Gasteiger partial charge in [-0.15, -0.1) is 0 Å². The minimum atomic E-state index is -3.04. The fraction of sp³-hybridized carbons (Fsp3) is 0.579. The van der Waals surface area contributed by atoms with Crippen LogP contribution in [0.25, 0.3) is 0 Å². The third kappa shape index (κ3) is 3.83. The minimum Gasteiger partial charge on any atom is -0.316 e. The van der Waals surface area contributed by atoms with E-state index in [1.807, 2.05) is 30.9 Å². The van der Waals surface area contributed by atoms with E-state index in [-0.39, 0.29) is 34.6 Å². The zero-order valence-electron chi connectivity index (χ0n) is 15.7. The first-order valence-corrected chi connectivity index (χ1v) is 11.8. The summed E-state index contributed by atoms with van der Waals surface area (Å²) in [4.78, 5) is 18.7. The highest BCUT2D eigenvalue weighted by molar-refractivity contribution is 8.16. The van der Waals surface area contributed by atoms with Crippen LogP contribution in [-0.2, 0) is 14.6 Å². The number of hydrogen-bond acceptors (Lipinski definition) is 4. The van der Waals surface area contributed by atoms with Gasteiger partial charge in [0.15, 0.2) is 15.0 Å². The number of sulfone groups is 1. The number of anilines is 1. The number of benzene rings is 1. The molecule has 2 saturated heterocycles. The first-order valence-electron chi connectivity index (χ1n) is 9.10. The molecule has 1 aromatic carbocycles. The molecule has 1 amide bonds. The molecule has 0 radical (unpaired) electrons. The minimum absolute atomic E-state index is 0.0618. The van der Waals surface area contributed by atoms with Gasteiger partial charge >= 0.3 is 0 Å². The molecule has 1 aromatic rings. The Hall–Kier alpha value is -1.34. The van der Waals surface area contributed by atoms with E-state index >= 15 is 0 Å². The molecular weight excluding hydrogens is 368 g/mol. The van der Waals surface area contributed by atoms with Crippen molar-refractivity contribution >= 4 is 38.4 Å². The Balaban J connectivity index is 1.97. The summed E-state index contributed by atoms with van der Waals surface area (Å²) in [6, 6.07) is 7.99. The number of carbonyl (C=O) groups excluding carboxylic acids is 1. The average Bonchev–Trinajstić information content (AvgIpc) is 3.04. The predicted octanol–water partition coefficient (Wildman–Crippen LogP) is 3.46. The summed E-state index contributed by atoms with van der Waals surface area (Å²) >= 11 is 1.43. The summed E-state index contributed by atoms with van der Waals surface area (Å²) in [5, 5.41) is 0.575. The van der Waals surface area contributed by atoms with Gasteiger partial charge in [0.1, 0.15) is 0 Å². The van der Waals surface area contributed by atoms with Crippen molar-refractivity contribution in [1.82, 2.24) is 0 Å². The van der Waals surface area contributed by atoms with E-state index < -0.39 is 9.84 Å². The van der Waals surface area contributed by atoms with E-state index in [1.54, 1.807) is 0 Å². The summed E-state index contributed by atoms with van der Waals surface area (Å²) in [6.45, 7) is 8.11. The predicted molar refractivity (Wildman–Crippen MR) is 109 cm³/mol. The van der Waals surface area contributed by atoms with Crippen LogP contribution in [0.2, 0.25) is 0 Å².